The van der Waals surface area contributed by atoms with Crippen molar-refractivity contribution in [3.8, 4) is 0 Å². The van der Waals surface area contributed by atoms with Crippen molar-refractivity contribution in [2.24, 2.45) is 0 Å². The molecule has 0 atom stereocenters. The standard InChI is InChI=1S/C19H15FN2O2/c20-17-8-4-3-7-16(17)19(24)21-12-18(23)22-15-10-9-13-5-1-2-6-14(13)11-15/h1-11H,12H2,(H,21,24)(H,22,23). The Hall–Kier alpha value is -3.21. The molecule has 3 rings (SSSR count). The van der Waals surface area contributed by atoms with E-state index in [1.54, 1.807) is 12.1 Å². The molecule has 0 aliphatic carbocycles. The molecule has 5 heteroatoms. The number of amides is 2. The molecular formula is C19H15FN2O2. The van der Waals surface area contributed by atoms with Crippen LogP contribution < -0.4 is 10.6 Å². The van der Waals surface area contributed by atoms with Crippen molar-refractivity contribution in [3.05, 3.63) is 78.1 Å². The van der Waals surface area contributed by atoms with Crippen LogP contribution in [0.4, 0.5) is 10.1 Å². The molecule has 0 radical (unpaired) electrons. The van der Waals surface area contributed by atoms with E-state index in [4.69, 9.17) is 0 Å². The maximum atomic E-state index is 13.5. The molecule has 0 spiro atoms. The predicted octanol–water partition coefficient (Wildman–Crippen LogP) is 3.35. The van der Waals surface area contributed by atoms with E-state index in [0.717, 1.165) is 10.8 Å². The molecule has 3 aromatic carbocycles. The number of hydrogen-bond acceptors (Lipinski definition) is 2. The molecule has 0 aliphatic rings. The second-order valence-corrected chi connectivity index (χ2v) is 5.27. The molecule has 0 unspecified atom stereocenters. The first-order valence-electron chi connectivity index (χ1n) is 7.45. The summed E-state index contributed by atoms with van der Waals surface area (Å²) in [6.45, 7) is -0.236. The number of carbonyl (C=O) groups excluding carboxylic acids is 2. The Bertz CT molecular complexity index is 909. The molecule has 0 saturated carbocycles. The van der Waals surface area contributed by atoms with Gasteiger partial charge in [0.25, 0.3) is 5.91 Å². The van der Waals surface area contributed by atoms with Gasteiger partial charge in [0.15, 0.2) is 0 Å². The molecule has 24 heavy (non-hydrogen) atoms. The zero-order chi connectivity index (χ0) is 16.9. The first-order valence-corrected chi connectivity index (χ1v) is 7.45. The van der Waals surface area contributed by atoms with Gasteiger partial charge < -0.3 is 10.6 Å². The van der Waals surface area contributed by atoms with Crippen LogP contribution in [0.2, 0.25) is 0 Å². The van der Waals surface area contributed by atoms with E-state index in [9.17, 15) is 14.0 Å². The van der Waals surface area contributed by atoms with E-state index < -0.39 is 11.7 Å². The summed E-state index contributed by atoms with van der Waals surface area (Å²) in [4.78, 5) is 23.8. The highest BCUT2D eigenvalue weighted by Gasteiger charge is 2.12. The van der Waals surface area contributed by atoms with E-state index in [0.29, 0.717) is 5.69 Å². The van der Waals surface area contributed by atoms with Crippen molar-refractivity contribution in [2.45, 2.75) is 0 Å². The van der Waals surface area contributed by atoms with Gasteiger partial charge >= 0.3 is 0 Å². The molecule has 0 heterocycles. The third-order valence-corrected chi connectivity index (χ3v) is 3.56. The highest BCUT2D eigenvalue weighted by atomic mass is 19.1. The lowest BCUT2D eigenvalue weighted by Gasteiger charge is -2.08. The number of fused-ring (bicyclic) bond motifs is 1. The summed E-state index contributed by atoms with van der Waals surface area (Å²) in [6, 6.07) is 19.0. The summed E-state index contributed by atoms with van der Waals surface area (Å²) in [5.41, 5.74) is 0.551. The minimum Gasteiger partial charge on any atom is -0.343 e. The molecule has 2 N–H and O–H groups in total. The minimum atomic E-state index is -0.623. The fraction of sp³-hybridized carbons (Fsp3) is 0.0526. The number of rotatable bonds is 4. The summed E-state index contributed by atoms with van der Waals surface area (Å²) >= 11 is 0. The van der Waals surface area contributed by atoms with Gasteiger partial charge in [0, 0.05) is 5.69 Å². The largest absolute Gasteiger partial charge is 0.343 e. The first-order chi connectivity index (χ1) is 11.6. The van der Waals surface area contributed by atoms with Crippen LogP contribution in [-0.4, -0.2) is 18.4 Å². The molecule has 0 bridgehead atoms. The Labute approximate surface area is 138 Å². The molecule has 3 aromatic rings. The van der Waals surface area contributed by atoms with Crippen LogP contribution in [0, 0.1) is 5.82 Å². The van der Waals surface area contributed by atoms with Gasteiger partial charge in [0.2, 0.25) is 5.91 Å². The van der Waals surface area contributed by atoms with Gasteiger partial charge in [-0.1, -0.05) is 42.5 Å². The number of benzene rings is 3. The number of hydrogen-bond donors (Lipinski definition) is 2. The Kier molecular flexibility index (Phi) is 4.52. The highest BCUT2D eigenvalue weighted by Crippen LogP contribution is 2.18. The average Bonchev–Trinajstić information content (AvgIpc) is 2.60. The summed E-state index contributed by atoms with van der Waals surface area (Å²) < 4.78 is 13.5. The quantitative estimate of drug-likeness (QED) is 0.774. The molecular weight excluding hydrogens is 307 g/mol. The van der Waals surface area contributed by atoms with Gasteiger partial charge in [-0.3, -0.25) is 9.59 Å². The summed E-state index contributed by atoms with van der Waals surface area (Å²) in [5, 5.41) is 7.19. The number of halogens is 1. The third kappa shape index (κ3) is 3.57. The van der Waals surface area contributed by atoms with Gasteiger partial charge in [-0.2, -0.15) is 0 Å². The Morgan fingerprint density at radius 1 is 0.875 bits per heavy atom. The van der Waals surface area contributed by atoms with Crippen molar-refractivity contribution in [1.29, 1.82) is 0 Å². The molecule has 2 amide bonds. The zero-order valence-electron chi connectivity index (χ0n) is 12.8. The fourth-order valence-corrected chi connectivity index (χ4v) is 2.37. The number of nitrogens with one attached hydrogen (secondary N) is 2. The maximum absolute atomic E-state index is 13.5. The molecule has 0 saturated heterocycles. The topological polar surface area (TPSA) is 58.2 Å². The number of anilines is 1. The van der Waals surface area contributed by atoms with E-state index in [1.807, 2.05) is 36.4 Å². The maximum Gasteiger partial charge on any atom is 0.254 e. The lowest BCUT2D eigenvalue weighted by atomic mass is 10.1. The fourth-order valence-electron chi connectivity index (χ4n) is 2.37. The van der Waals surface area contributed by atoms with Crippen LogP contribution in [0.15, 0.2) is 66.7 Å². The summed E-state index contributed by atoms with van der Waals surface area (Å²) in [6.07, 6.45) is 0. The predicted molar refractivity (Wildman–Crippen MR) is 91.3 cm³/mol. The van der Waals surface area contributed by atoms with E-state index in [-0.39, 0.29) is 18.0 Å². The van der Waals surface area contributed by atoms with Crippen LogP contribution in [0.3, 0.4) is 0 Å². The van der Waals surface area contributed by atoms with E-state index in [1.165, 1.54) is 18.2 Å². The molecule has 0 aliphatic heterocycles. The van der Waals surface area contributed by atoms with Gasteiger partial charge in [0.05, 0.1) is 12.1 Å². The van der Waals surface area contributed by atoms with Crippen molar-refractivity contribution in [2.75, 3.05) is 11.9 Å². The van der Waals surface area contributed by atoms with Crippen molar-refractivity contribution < 1.29 is 14.0 Å². The van der Waals surface area contributed by atoms with Crippen molar-refractivity contribution >= 4 is 28.3 Å². The Morgan fingerprint density at radius 3 is 2.38 bits per heavy atom. The Morgan fingerprint density at radius 2 is 1.58 bits per heavy atom. The van der Waals surface area contributed by atoms with Crippen LogP contribution in [0.25, 0.3) is 10.8 Å². The monoisotopic (exact) mass is 322 g/mol. The second kappa shape index (κ2) is 6.91. The zero-order valence-corrected chi connectivity index (χ0v) is 12.8. The lowest BCUT2D eigenvalue weighted by Crippen LogP contribution is -2.33. The van der Waals surface area contributed by atoms with E-state index in [2.05, 4.69) is 10.6 Å². The molecule has 0 aromatic heterocycles. The van der Waals surface area contributed by atoms with E-state index >= 15 is 0 Å². The second-order valence-electron chi connectivity index (χ2n) is 5.27. The normalized spacial score (nSPS) is 10.4. The molecule has 0 fully saturated rings. The van der Waals surface area contributed by atoms with Crippen LogP contribution >= 0.6 is 0 Å². The third-order valence-electron chi connectivity index (χ3n) is 3.56. The average molecular weight is 322 g/mol. The van der Waals surface area contributed by atoms with Crippen molar-refractivity contribution in [3.63, 3.8) is 0 Å². The summed E-state index contributed by atoms with van der Waals surface area (Å²) in [7, 11) is 0. The lowest BCUT2D eigenvalue weighted by molar-refractivity contribution is -0.115. The highest BCUT2D eigenvalue weighted by molar-refractivity contribution is 6.00. The van der Waals surface area contributed by atoms with Gasteiger partial charge in [-0.15, -0.1) is 0 Å². The van der Waals surface area contributed by atoms with Crippen LogP contribution in [-0.2, 0) is 4.79 Å². The Balaban J connectivity index is 1.61. The van der Waals surface area contributed by atoms with Gasteiger partial charge in [-0.25, -0.2) is 4.39 Å². The van der Waals surface area contributed by atoms with Gasteiger partial charge in [0.1, 0.15) is 5.82 Å². The molecule has 4 nitrogen and oxygen atoms in total. The van der Waals surface area contributed by atoms with Crippen LogP contribution in [0.1, 0.15) is 10.4 Å². The smallest absolute Gasteiger partial charge is 0.254 e. The van der Waals surface area contributed by atoms with Gasteiger partial charge in [-0.05, 0) is 35.0 Å². The minimum absolute atomic E-state index is 0.0870. The van der Waals surface area contributed by atoms with Crippen molar-refractivity contribution in [1.82, 2.24) is 5.32 Å². The SMILES string of the molecule is O=C(CNC(=O)c1ccccc1F)Nc1ccc2ccccc2c1. The number of carbonyl (C=O) groups is 2. The summed E-state index contributed by atoms with van der Waals surface area (Å²) in [5.74, 6) is -1.62. The first kappa shape index (κ1) is 15.7. The molecule has 120 valence electrons. The van der Waals surface area contributed by atoms with Crippen LogP contribution in [0.5, 0.6) is 0 Å².